The van der Waals surface area contributed by atoms with Crippen LogP contribution < -0.4 is 0 Å². The van der Waals surface area contributed by atoms with Crippen molar-refractivity contribution < 1.29 is 4.48 Å². The third-order valence-corrected chi connectivity index (χ3v) is 3.38. The van der Waals surface area contributed by atoms with Crippen LogP contribution in [0.4, 0.5) is 0 Å². The second-order valence-corrected chi connectivity index (χ2v) is 5.31. The minimum atomic E-state index is 0.583. The molecule has 0 aliphatic rings. The van der Waals surface area contributed by atoms with E-state index in [4.69, 9.17) is 0 Å². The molecule has 1 aromatic rings. The Morgan fingerprint density at radius 2 is 1.75 bits per heavy atom. The Morgan fingerprint density at radius 1 is 1.19 bits per heavy atom. The first-order valence-electron chi connectivity index (χ1n) is 5.98. The zero-order valence-corrected chi connectivity index (χ0v) is 11.0. The molecule has 1 unspecified atom stereocenters. The van der Waals surface area contributed by atoms with Crippen molar-refractivity contribution in [3.8, 4) is 0 Å². The molecule has 0 aliphatic carbocycles. The molecule has 0 radical (unpaired) electrons. The molecule has 0 bridgehead atoms. The van der Waals surface area contributed by atoms with E-state index in [1.165, 1.54) is 5.56 Å². The van der Waals surface area contributed by atoms with Gasteiger partial charge in [-0.25, -0.2) is 0 Å². The zero-order valence-electron chi connectivity index (χ0n) is 11.0. The molecule has 0 heterocycles. The first-order valence-corrected chi connectivity index (χ1v) is 5.98. The van der Waals surface area contributed by atoms with Crippen LogP contribution in [0.15, 0.2) is 43.1 Å². The summed E-state index contributed by atoms with van der Waals surface area (Å²) in [5.41, 5.74) is 1.41. The standard InChI is InChI=1S/C15H24N/c1-6-16(4,5)15(13(2)3)12-14-10-8-7-9-11-14/h6-11,13,15H,1,12H2,2-5H3/q+1. The molecule has 0 spiro atoms. The van der Waals surface area contributed by atoms with Crippen LogP contribution in [-0.2, 0) is 6.42 Å². The van der Waals surface area contributed by atoms with Gasteiger partial charge in [0, 0.05) is 12.3 Å². The molecule has 0 saturated carbocycles. The summed E-state index contributed by atoms with van der Waals surface area (Å²) < 4.78 is 0.868. The largest absolute Gasteiger partial charge is 0.300 e. The number of hydrogen-bond acceptors (Lipinski definition) is 0. The van der Waals surface area contributed by atoms with Gasteiger partial charge in [0.2, 0.25) is 0 Å². The van der Waals surface area contributed by atoms with Crippen molar-refractivity contribution in [2.75, 3.05) is 14.1 Å². The van der Waals surface area contributed by atoms with E-state index < -0.39 is 0 Å². The minimum absolute atomic E-state index is 0.583. The van der Waals surface area contributed by atoms with Crippen LogP contribution in [0.3, 0.4) is 0 Å². The predicted octanol–water partition coefficient (Wildman–Crippen LogP) is 3.47. The quantitative estimate of drug-likeness (QED) is 0.664. The van der Waals surface area contributed by atoms with Crippen molar-refractivity contribution in [1.82, 2.24) is 0 Å². The van der Waals surface area contributed by atoms with E-state index in [1.54, 1.807) is 0 Å². The Bertz CT molecular complexity index is 325. The van der Waals surface area contributed by atoms with E-state index in [9.17, 15) is 0 Å². The number of quaternary nitrogens is 1. The lowest BCUT2D eigenvalue weighted by Gasteiger charge is -2.37. The van der Waals surface area contributed by atoms with Crippen LogP contribution in [0.2, 0.25) is 0 Å². The predicted molar refractivity (Wildman–Crippen MR) is 71.1 cm³/mol. The second kappa shape index (κ2) is 5.31. The summed E-state index contributed by atoms with van der Waals surface area (Å²) in [4.78, 5) is 0. The van der Waals surface area contributed by atoms with Gasteiger partial charge in [0.15, 0.2) is 0 Å². The molecule has 0 aliphatic heterocycles. The Kier molecular flexibility index (Phi) is 4.31. The van der Waals surface area contributed by atoms with Crippen molar-refractivity contribution in [1.29, 1.82) is 0 Å². The van der Waals surface area contributed by atoms with Gasteiger partial charge < -0.3 is 0 Å². The van der Waals surface area contributed by atoms with Gasteiger partial charge in [-0.3, -0.25) is 4.48 Å². The smallest absolute Gasteiger partial charge is 0.0991 e. The summed E-state index contributed by atoms with van der Waals surface area (Å²) in [6, 6.07) is 11.3. The lowest BCUT2D eigenvalue weighted by molar-refractivity contribution is -0.869. The van der Waals surface area contributed by atoms with Crippen LogP contribution >= 0.6 is 0 Å². The number of rotatable bonds is 5. The van der Waals surface area contributed by atoms with Crippen molar-refractivity contribution in [2.45, 2.75) is 26.3 Å². The van der Waals surface area contributed by atoms with Crippen LogP contribution in [-0.4, -0.2) is 24.6 Å². The third kappa shape index (κ3) is 3.21. The molecule has 16 heavy (non-hydrogen) atoms. The Balaban J connectivity index is 2.85. The summed E-state index contributed by atoms with van der Waals surface area (Å²) in [5.74, 6) is 0.646. The van der Waals surface area contributed by atoms with Gasteiger partial charge in [0.05, 0.1) is 26.3 Å². The average Bonchev–Trinajstić information content (AvgIpc) is 2.26. The highest BCUT2D eigenvalue weighted by Crippen LogP contribution is 2.20. The van der Waals surface area contributed by atoms with E-state index in [0.717, 1.165) is 10.9 Å². The minimum Gasteiger partial charge on any atom is -0.300 e. The van der Waals surface area contributed by atoms with Gasteiger partial charge in [-0.1, -0.05) is 44.2 Å². The highest BCUT2D eigenvalue weighted by atomic mass is 15.3. The lowest BCUT2D eigenvalue weighted by Crippen LogP contribution is -2.48. The Morgan fingerprint density at radius 3 is 2.19 bits per heavy atom. The normalized spacial score (nSPS) is 13.8. The monoisotopic (exact) mass is 218 g/mol. The first-order chi connectivity index (χ1) is 7.47. The molecule has 0 fully saturated rings. The fourth-order valence-electron chi connectivity index (χ4n) is 2.23. The number of nitrogens with zero attached hydrogens (tertiary/aromatic N) is 1. The maximum Gasteiger partial charge on any atom is 0.0991 e. The number of benzene rings is 1. The summed E-state index contributed by atoms with van der Waals surface area (Å²) in [5, 5.41) is 0. The van der Waals surface area contributed by atoms with Gasteiger partial charge >= 0.3 is 0 Å². The van der Waals surface area contributed by atoms with Crippen molar-refractivity contribution in [2.24, 2.45) is 5.92 Å². The summed E-state index contributed by atoms with van der Waals surface area (Å²) in [7, 11) is 4.45. The maximum atomic E-state index is 3.95. The molecular weight excluding hydrogens is 194 g/mol. The van der Waals surface area contributed by atoms with Gasteiger partial charge in [-0.2, -0.15) is 0 Å². The average molecular weight is 218 g/mol. The van der Waals surface area contributed by atoms with Crippen LogP contribution in [0.1, 0.15) is 19.4 Å². The number of likely N-dealkylation sites (N-methyl/N-ethyl adjacent to an activating group) is 1. The molecular formula is C15H24N+. The van der Waals surface area contributed by atoms with Gasteiger partial charge in [0.1, 0.15) is 0 Å². The van der Waals surface area contributed by atoms with Crippen LogP contribution in [0.25, 0.3) is 0 Å². The second-order valence-electron chi connectivity index (χ2n) is 5.31. The van der Waals surface area contributed by atoms with Crippen LogP contribution in [0.5, 0.6) is 0 Å². The fraction of sp³-hybridized carbons (Fsp3) is 0.467. The molecule has 1 nitrogen and oxygen atoms in total. The van der Waals surface area contributed by atoms with E-state index in [2.05, 4.69) is 64.9 Å². The molecule has 0 N–H and O–H groups in total. The summed E-state index contributed by atoms with van der Waals surface area (Å²) in [6.45, 7) is 8.53. The maximum absolute atomic E-state index is 3.95. The summed E-state index contributed by atoms with van der Waals surface area (Å²) in [6.07, 6.45) is 3.14. The summed E-state index contributed by atoms with van der Waals surface area (Å²) >= 11 is 0. The van der Waals surface area contributed by atoms with Gasteiger partial charge in [-0.05, 0) is 12.1 Å². The van der Waals surface area contributed by atoms with E-state index in [-0.39, 0.29) is 0 Å². The van der Waals surface area contributed by atoms with E-state index >= 15 is 0 Å². The topological polar surface area (TPSA) is 0 Å². The molecule has 1 rings (SSSR count). The molecule has 1 aromatic carbocycles. The van der Waals surface area contributed by atoms with Gasteiger partial charge in [-0.15, -0.1) is 0 Å². The SMILES string of the molecule is C=C[N+](C)(C)C(Cc1ccccc1)C(C)C. The molecule has 0 saturated heterocycles. The molecule has 0 amide bonds. The first kappa shape index (κ1) is 13.0. The highest BCUT2D eigenvalue weighted by Gasteiger charge is 2.28. The highest BCUT2D eigenvalue weighted by molar-refractivity contribution is 5.15. The van der Waals surface area contributed by atoms with Crippen LogP contribution in [0, 0.1) is 5.92 Å². The third-order valence-electron chi connectivity index (χ3n) is 3.38. The molecule has 1 atom stereocenters. The Labute approximate surface area is 100.0 Å². The number of hydrogen-bond donors (Lipinski definition) is 0. The fourth-order valence-corrected chi connectivity index (χ4v) is 2.23. The molecule has 0 aromatic heterocycles. The van der Waals surface area contributed by atoms with E-state index in [1.807, 2.05) is 6.20 Å². The van der Waals surface area contributed by atoms with Crippen molar-refractivity contribution in [3.63, 3.8) is 0 Å². The van der Waals surface area contributed by atoms with Crippen molar-refractivity contribution in [3.05, 3.63) is 48.7 Å². The Hall–Kier alpha value is -1.08. The van der Waals surface area contributed by atoms with E-state index in [0.29, 0.717) is 12.0 Å². The molecule has 1 heteroatoms. The lowest BCUT2D eigenvalue weighted by atomic mass is 9.94. The zero-order chi connectivity index (χ0) is 12.2. The molecule has 88 valence electrons. The van der Waals surface area contributed by atoms with Crippen molar-refractivity contribution >= 4 is 0 Å². The van der Waals surface area contributed by atoms with Gasteiger partial charge in [0.25, 0.3) is 0 Å².